The zero-order chi connectivity index (χ0) is 13.8. The zero-order valence-electron chi connectivity index (χ0n) is 11.5. The smallest absolute Gasteiger partial charge is 0.254 e. The number of aromatic nitrogens is 2. The first-order valence-electron chi connectivity index (χ1n) is 6.61. The van der Waals surface area contributed by atoms with E-state index in [0.717, 1.165) is 26.1 Å². The minimum absolute atomic E-state index is 0.0143. The monoisotopic (exact) mass is 264 g/mol. The summed E-state index contributed by atoms with van der Waals surface area (Å²) in [5.74, 6) is 0.575. The van der Waals surface area contributed by atoms with Crippen LogP contribution >= 0.6 is 0 Å². The van der Waals surface area contributed by atoms with Gasteiger partial charge in [0.2, 0.25) is 5.91 Å². The number of nitrogens with one attached hydrogen (secondary N) is 1. The third kappa shape index (κ3) is 3.41. The van der Waals surface area contributed by atoms with Crippen LogP contribution in [0.1, 0.15) is 17.9 Å². The number of hydrogen-bond acceptors (Lipinski definition) is 4. The Morgan fingerprint density at radius 3 is 2.89 bits per heavy atom. The van der Waals surface area contributed by atoms with Crippen molar-refractivity contribution in [2.75, 3.05) is 26.2 Å². The fraction of sp³-hybridized carbons (Fsp3) is 0.615. The lowest BCUT2D eigenvalue weighted by molar-refractivity contribution is -0.131. The maximum absolute atomic E-state index is 12.2. The van der Waals surface area contributed by atoms with Crippen molar-refractivity contribution in [3.05, 3.63) is 27.9 Å². The minimum Gasteiger partial charge on any atom is -0.340 e. The Balaban J connectivity index is 2.12. The van der Waals surface area contributed by atoms with Crippen LogP contribution in [0, 0.1) is 13.8 Å². The van der Waals surface area contributed by atoms with Crippen LogP contribution in [0.5, 0.6) is 0 Å². The molecule has 1 aromatic rings. The van der Waals surface area contributed by atoms with Crippen LogP contribution in [0.15, 0.2) is 10.9 Å². The van der Waals surface area contributed by atoms with E-state index in [1.807, 2.05) is 4.90 Å². The lowest BCUT2D eigenvalue weighted by Crippen LogP contribution is -2.39. The van der Waals surface area contributed by atoms with E-state index in [1.165, 1.54) is 10.6 Å². The number of carbonyl (C=O) groups excluding carboxylic acids is 1. The second kappa shape index (κ2) is 5.97. The molecule has 19 heavy (non-hydrogen) atoms. The van der Waals surface area contributed by atoms with Gasteiger partial charge >= 0.3 is 0 Å². The molecule has 6 heteroatoms. The first-order valence-corrected chi connectivity index (χ1v) is 6.61. The lowest BCUT2D eigenvalue weighted by atomic mass is 10.3. The topological polar surface area (TPSA) is 67.2 Å². The Labute approximate surface area is 112 Å². The van der Waals surface area contributed by atoms with E-state index in [9.17, 15) is 9.59 Å². The summed E-state index contributed by atoms with van der Waals surface area (Å²) in [6, 6.07) is 1.46. The fourth-order valence-electron chi connectivity index (χ4n) is 2.29. The largest absolute Gasteiger partial charge is 0.340 e. The van der Waals surface area contributed by atoms with Crippen molar-refractivity contribution in [1.82, 2.24) is 19.8 Å². The molecule has 0 saturated carbocycles. The molecule has 1 N–H and O–H groups in total. The molecule has 1 saturated heterocycles. The molecule has 0 bridgehead atoms. The summed E-state index contributed by atoms with van der Waals surface area (Å²) in [5, 5.41) is 3.25. The van der Waals surface area contributed by atoms with Crippen molar-refractivity contribution >= 4 is 5.91 Å². The van der Waals surface area contributed by atoms with Crippen LogP contribution in [0.2, 0.25) is 0 Å². The third-order valence-electron chi connectivity index (χ3n) is 3.31. The highest BCUT2D eigenvalue weighted by molar-refractivity contribution is 5.76. The Morgan fingerprint density at radius 2 is 2.16 bits per heavy atom. The van der Waals surface area contributed by atoms with E-state index in [2.05, 4.69) is 10.3 Å². The van der Waals surface area contributed by atoms with Gasteiger partial charge < -0.3 is 10.2 Å². The van der Waals surface area contributed by atoms with Gasteiger partial charge in [0.25, 0.3) is 5.56 Å². The van der Waals surface area contributed by atoms with Crippen LogP contribution in [0.25, 0.3) is 0 Å². The van der Waals surface area contributed by atoms with E-state index in [0.29, 0.717) is 18.1 Å². The first-order chi connectivity index (χ1) is 9.08. The van der Waals surface area contributed by atoms with E-state index in [-0.39, 0.29) is 18.0 Å². The quantitative estimate of drug-likeness (QED) is 0.795. The number of hydrogen-bond donors (Lipinski definition) is 1. The van der Waals surface area contributed by atoms with Gasteiger partial charge in [0, 0.05) is 31.4 Å². The van der Waals surface area contributed by atoms with Crippen molar-refractivity contribution in [2.24, 2.45) is 0 Å². The number of carbonyl (C=O) groups is 1. The molecule has 1 amide bonds. The van der Waals surface area contributed by atoms with E-state index in [1.54, 1.807) is 13.8 Å². The third-order valence-corrected chi connectivity index (χ3v) is 3.31. The van der Waals surface area contributed by atoms with Crippen LogP contribution < -0.4 is 10.9 Å². The van der Waals surface area contributed by atoms with Crippen LogP contribution in [-0.4, -0.2) is 46.5 Å². The molecule has 1 aliphatic heterocycles. The van der Waals surface area contributed by atoms with E-state index >= 15 is 0 Å². The maximum Gasteiger partial charge on any atom is 0.254 e. The Kier molecular flexibility index (Phi) is 4.31. The summed E-state index contributed by atoms with van der Waals surface area (Å²) in [5.41, 5.74) is 0.525. The normalized spacial score (nSPS) is 16.2. The number of nitrogens with zero attached hydrogens (tertiary/aromatic N) is 3. The van der Waals surface area contributed by atoms with E-state index in [4.69, 9.17) is 0 Å². The molecule has 2 heterocycles. The molecule has 0 unspecified atom stereocenters. The molecular formula is C13H20N4O2. The minimum atomic E-state index is -0.161. The summed E-state index contributed by atoms with van der Waals surface area (Å²) < 4.78 is 1.44. The van der Waals surface area contributed by atoms with Crippen LogP contribution in [0.4, 0.5) is 0 Å². The van der Waals surface area contributed by atoms with Gasteiger partial charge in [0.05, 0.1) is 0 Å². The summed E-state index contributed by atoms with van der Waals surface area (Å²) in [7, 11) is 0. The van der Waals surface area contributed by atoms with Gasteiger partial charge in [-0.15, -0.1) is 0 Å². The molecule has 0 aliphatic carbocycles. The molecule has 1 fully saturated rings. The van der Waals surface area contributed by atoms with Gasteiger partial charge in [0.1, 0.15) is 12.4 Å². The van der Waals surface area contributed by atoms with Crippen LogP contribution in [-0.2, 0) is 11.3 Å². The predicted octanol–water partition coefficient (Wildman–Crippen LogP) is -0.318. The average Bonchev–Trinajstić information content (AvgIpc) is 2.62. The van der Waals surface area contributed by atoms with E-state index < -0.39 is 0 Å². The SMILES string of the molecule is Cc1cc(=O)n(CC(=O)N2CCCNCC2)c(C)n1. The van der Waals surface area contributed by atoms with Crippen molar-refractivity contribution in [2.45, 2.75) is 26.8 Å². The standard InChI is InChI=1S/C13H20N4O2/c1-10-8-12(18)17(11(2)15-10)9-13(19)16-6-3-4-14-5-7-16/h8,14H,3-7,9H2,1-2H3. The highest BCUT2D eigenvalue weighted by atomic mass is 16.2. The zero-order valence-corrected chi connectivity index (χ0v) is 11.5. The molecule has 0 atom stereocenters. The van der Waals surface area contributed by atoms with Gasteiger partial charge in [-0.1, -0.05) is 0 Å². The summed E-state index contributed by atoms with van der Waals surface area (Å²) in [4.78, 5) is 30.1. The number of amides is 1. The second-order valence-electron chi connectivity index (χ2n) is 4.85. The van der Waals surface area contributed by atoms with Gasteiger partial charge in [-0.05, 0) is 26.8 Å². The maximum atomic E-state index is 12.2. The van der Waals surface area contributed by atoms with Gasteiger partial charge in [0.15, 0.2) is 0 Å². The van der Waals surface area contributed by atoms with Gasteiger partial charge in [-0.25, -0.2) is 4.98 Å². The molecule has 0 aromatic carbocycles. The summed E-state index contributed by atoms with van der Waals surface area (Å²) >= 11 is 0. The lowest BCUT2D eigenvalue weighted by Gasteiger charge is -2.21. The summed E-state index contributed by atoms with van der Waals surface area (Å²) in [6.07, 6.45) is 0.950. The van der Waals surface area contributed by atoms with Crippen LogP contribution in [0.3, 0.4) is 0 Å². The highest BCUT2D eigenvalue weighted by Gasteiger charge is 2.17. The Morgan fingerprint density at radius 1 is 1.37 bits per heavy atom. The van der Waals surface area contributed by atoms with Gasteiger partial charge in [-0.2, -0.15) is 0 Å². The molecule has 2 rings (SSSR count). The molecule has 104 valence electrons. The average molecular weight is 264 g/mol. The highest BCUT2D eigenvalue weighted by Crippen LogP contribution is 2.00. The Bertz CT molecular complexity index is 516. The summed E-state index contributed by atoms with van der Waals surface area (Å²) in [6.45, 7) is 6.82. The van der Waals surface area contributed by atoms with Gasteiger partial charge in [-0.3, -0.25) is 14.2 Å². The van der Waals surface area contributed by atoms with Crippen molar-refractivity contribution in [3.63, 3.8) is 0 Å². The second-order valence-corrected chi connectivity index (χ2v) is 4.85. The predicted molar refractivity (Wildman–Crippen MR) is 72.0 cm³/mol. The van der Waals surface area contributed by atoms with Crippen molar-refractivity contribution in [3.8, 4) is 0 Å². The Hall–Kier alpha value is -1.69. The molecular weight excluding hydrogens is 244 g/mol. The fourth-order valence-corrected chi connectivity index (χ4v) is 2.29. The molecule has 1 aliphatic rings. The number of aryl methyl sites for hydroxylation is 2. The first kappa shape index (κ1) is 13.7. The molecule has 0 spiro atoms. The molecule has 1 aromatic heterocycles. The van der Waals surface area contributed by atoms with Crippen molar-refractivity contribution in [1.29, 1.82) is 0 Å². The number of rotatable bonds is 2. The molecule has 0 radical (unpaired) electrons. The molecule has 6 nitrogen and oxygen atoms in total. The van der Waals surface area contributed by atoms with Crippen molar-refractivity contribution < 1.29 is 4.79 Å².